The van der Waals surface area contributed by atoms with Crippen LogP contribution < -0.4 is 4.90 Å². The summed E-state index contributed by atoms with van der Waals surface area (Å²) in [5.74, 6) is 1.83. The van der Waals surface area contributed by atoms with Crippen LogP contribution in [-0.2, 0) is 11.2 Å². The highest BCUT2D eigenvalue weighted by molar-refractivity contribution is 6.34. The number of amides is 2. The van der Waals surface area contributed by atoms with Gasteiger partial charge in [-0.2, -0.15) is 0 Å². The number of aliphatic hydroxyl groups is 1. The van der Waals surface area contributed by atoms with E-state index >= 15 is 0 Å². The van der Waals surface area contributed by atoms with Crippen LogP contribution in [0.4, 0.5) is 5.69 Å². The van der Waals surface area contributed by atoms with Crippen LogP contribution in [0.2, 0.25) is 5.02 Å². The molecule has 1 atom stereocenters. The summed E-state index contributed by atoms with van der Waals surface area (Å²) in [6, 6.07) is 15.9. The van der Waals surface area contributed by atoms with Gasteiger partial charge in [0.15, 0.2) is 0 Å². The molecule has 0 aromatic heterocycles. The maximum Gasteiger partial charge on any atom is 0.255 e. The Kier molecular flexibility index (Phi) is 8.90. The molecule has 3 saturated heterocycles. The minimum atomic E-state index is -0.0379. The predicted octanol–water partition coefficient (Wildman–Crippen LogP) is 4.88. The lowest BCUT2D eigenvalue weighted by Crippen LogP contribution is -2.40. The second kappa shape index (κ2) is 12.5. The predicted molar refractivity (Wildman–Crippen MR) is 152 cm³/mol. The van der Waals surface area contributed by atoms with Crippen molar-refractivity contribution in [3.05, 3.63) is 64.7 Å². The molecule has 1 unspecified atom stereocenters. The van der Waals surface area contributed by atoms with E-state index in [0.717, 1.165) is 62.6 Å². The molecule has 5 rings (SSSR count). The first-order valence-corrected chi connectivity index (χ1v) is 14.6. The second-order valence-electron chi connectivity index (χ2n) is 11.4. The SMILES string of the molecule is O=C(Cc1ccccc1)N1CCC(CC2CCN(c3ccc(C(=O)N4CCC(CO)C4)c(Cl)c3)CC2)CC1. The summed E-state index contributed by atoms with van der Waals surface area (Å²) in [6.45, 7) is 5.19. The zero-order valence-corrected chi connectivity index (χ0v) is 23.0. The average molecular weight is 538 g/mol. The smallest absolute Gasteiger partial charge is 0.255 e. The number of nitrogens with zero attached hydrogens (tertiary/aromatic N) is 3. The molecule has 0 saturated carbocycles. The van der Waals surface area contributed by atoms with Crippen LogP contribution in [0.15, 0.2) is 48.5 Å². The van der Waals surface area contributed by atoms with Crippen molar-refractivity contribution in [2.45, 2.75) is 44.9 Å². The molecule has 3 aliphatic heterocycles. The fourth-order valence-electron chi connectivity index (χ4n) is 6.41. The van der Waals surface area contributed by atoms with Crippen LogP contribution in [0.5, 0.6) is 0 Å². The molecular weight excluding hydrogens is 498 g/mol. The molecule has 38 heavy (non-hydrogen) atoms. The molecule has 0 aliphatic carbocycles. The van der Waals surface area contributed by atoms with E-state index in [1.165, 1.54) is 19.3 Å². The van der Waals surface area contributed by atoms with E-state index in [2.05, 4.69) is 9.80 Å². The fraction of sp³-hybridized carbons (Fsp3) is 0.548. The van der Waals surface area contributed by atoms with Crippen LogP contribution in [-0.4, -0.2) is 72.6 Å². The van der Waals surface area contributed by atoms with Crippen molar-refractivity contribution < 1.29 is 14.7 Å². The van der Waals surface area contributed by atoms with Gasteiger partial charge in [0.05, 0.1) is 17.0 Å². The molecule has 0 bridgehead atoms. The summed E-state index contributed by atoms with van der Waals surface area (Å²) >= 11 is 6.58. The Morgan fingerprint density at radius 3 is 2.08 bits per heavy atom. The van der Waals surface area contributed by atoms with E-state index in [4.69, 9.17) is 11.6 Å². The van der Waals surface area contributed by atoms with E-state index in [0.29, 0.717) is 36.0 Å². The van der Waals surface area contributed by atoms with Crippen molar-refractivity contribution in [2.24, 2.45) is 17.8 Å². The van der Waals surface area contributed by atoms with Crippen LogP contribution in [0.1, 0.15) is 54.4 Å². The third-order valence-corrected chi connectivity index (χ3v) is 9.14. The number of anilines is 1. The lowest BCUT2D eigenvalue weighted by Gasteiger charge is -2.37. The third-order valence-electron chi connectivity index (χ3n) is 8.83. The highest BCUT2D eigenvalue weighted by Crippen LogP contribution is 2.33. The van der Waals surface area contributed by atoms with Crippen LogP contribution in [0.25, 0.3) is 0 Å². The molecule has 1 N–H and O–H groups in total. The van der Waals surface area contributed by atoms with Gasteiger partial charge in [-0.25, -0.2) is 0 Å². The van der Waals surface area contributed by atoms with E-state index in [-0.39, 0.29) is 24.3 Å². The summed E-state index contributed by atoms with van der Waals surface area (Å²) in [7, 11) is 0. The van der Waals surface area contributed by atoms with Crippen molar-refractivity contribution in [1.82, 2.24) is 9.80 Å². The first-order valence-electron chi connectivity index (χ1n) is 14.3. The number of hydrogen-bond donors (Lipinski definition) is 1. The third kappa shape index (κ3) is 6.52. The number of rotatable bonds is 7. The minimum absolute atomic E-state index is 0.0379. The number of carbonyl (C=O) groups is 2. The fourth-order valence-corrected chi connectivity index (χ4v) is 6.66. The Balaban J connectivity index is 1.06. The quantitative estimate of drug-likeness (QED) is 0.546. The van der Waals surface area contributed by atoms with Gasteiger partial charge >= 0.3 is 0 Å². The second-order valence-corrected chi connectivity index (χ2v) is 11.8. The molecule has 3 fully saturated rings. The van der Waals surface area contributed by atoms with Crippen molar-refractivity contribution >= 4 is 29.1 Å². The number of hydrogen-bond acceptors (Lipinski definition) is 4. The Bertz CT molecular complexity index is 1090. The first kappa shape index (κ1) is 27.0. The number of benzene rings is 2. The molecule has 2 aromatic carbocycles. The molecule has 0 radical (unpaired) electrons. The van der Waals surface area contributed by atoms with Gasteiger partial charge in [-0.05, 0) is 74.1 Å². The molecule has 204 valence electrons. The summed E-state index contributed by atoms with van der Waals surface area (Å²) in [5, 5.41) is 9.88. The maximum atomic E-state index is 12.9. The molecule has 2 amide bonds. The topological polar surface area (TPSA) is 64.1 Å². The number of carbonyl (C=O) groups excluding carboxylic acids is 2. The summed E-state index contributed by atoms with van der Waals surface area (Å²) in [6.07, 6.45) is 7.17. The van der Waals surface area contributed by atoms with Crippen molar-refractivity contribution in [3.63, 3.8) is 0 Å². The molecular formula is C31H40ClN3O3. The standard InChI is InChI=1S/C31H40ClN3O3/c32-29-20-27(6-7-28(29)31(38)35-17-12-26(21-35)22-36)33-13-8-24(9-14-33)18-25-10-15-34(16-11-25)30(37)19-23-4-2-1-3-5-23/h1-7,20,24-26,36H,8-19,21-22H2. The van der Waals surface area contributed by atoms with Gasteiger partial charge in [-0.1, -0.05) is 41.9 Å². The Morgan fingerprint density at radius 1 is 0.816 bits per heavy atom. The lowest BCUT2D eigenvalue weighted by molar-refractivity contribution is -0.131. The first-order chi connectivity index (χ1) is 18.5. The zero-order valence-electron chi connectivity index (χ0n) is 22.2. The number of halogens is 1. The van der Waals surface area contributed by atoms with Gasteiger partial charge in [0.2, 0.25) is 5.91 Å². The van der Waals surface area contributed by atoms with Crippen LogP contribution in [0.3, 0.4) is 0 Å². The molecule has 0 spiro atoms. The monoisotopic (exact) mass is 537 g/mol. The largest absolute Gasteiger partial charge is 0.396 e. The van der Waals surface area contributed by atoms with Gasteiger partial charge in [-0.15, -0.1) is 0 Å². The van der Waals surface area contributed by atoms with E-state index < -0.39 is 0 Å². The average Bonchev–Trinajstić information content (AvgIpc) is 3.44. The Labute approximate surface area is 231 Å². The number of aliphatic hydroxyl groups excluding tert-OH is 1. The maximum absolute atomic E-state index is 12.9. The Hall–Kier alpha value is -2.57. The van der Waals surface area contributed by atoms with Gasteiger partial charge < -0.3 is 19.8 Å². The highest BCUT2D eigenvalue weighted by atomic mass is 35.5. The van der Waals surface area contributed by atoms with E-state index in [1.807, 2.05) is 48.5 Å². The lowest BCUT2D eigenvalue weighted by atomic mass is 9.82. The van der Waals surface area contributed by atoms with E-state index in [9.17, 15) is 14.7 Å². The molecule has 6 nitrogen and oxygen atoms in total. The Morgan fingerprint density at radius 2 is 1.45 bits per heavy atom. The van der Waals surface area contributed by atoms with Crippen LogP contribution in [0, 0.1) is 17.8 Å². The van der Waals surface area contributed by atoms with Crippen molar-refractivity contribution in [2.75, 3.05) is 50.8 Å². The van der Waals surface area contributed by atoms with Crippen LogP contribution >= 0.6 is 11.6 Å². The highest BCUT2D eigenvalue weighted by Gasteiger charge is 2.29. The molecule has 7 heteroatoms. The van der Waals surface area contributed by atoms with E-state index in [1.54, 1.807) is 4.90 Å². The summed E-state index contributed by atoms with van der Waals surface area (Å²) in [4.78, 5) is 31.8. The van der Waals surface area contributed by atoms with Crippen molar-refractivity contribution in [1.29, 1.82) is 0 Å². The van der Waals surface area contributed by atoms with Gasteiger partial charge in [0.25, 0.3) is 5.91 Å². The van der Waals surface area contributed by atoms with Gasteiger partial charge in [0, 0.05) is 57.5 Å². The minimum Gasteiger partial charge on any atom is -0.396 e. The molecule has 3 aliphatic rings. The number of piperidine rings is 2. The molecule has 2 aromatic rings. The summed E-state index contributed by atoms with van der Waals surface area (Å²) < 4.78 is 0. The van der Waals surface area contributed by atoms with Gasteiger partial charge in [-0.3, -0.25) is 9.59 Å². The molecule has 3 heterocycles. The van der Waals surface area contributed by atoms with Gasteiger partial charge in [0.1, 0.15) is 0 Å². The summed E-state index contributed by atoms with van der Waals surface area (Å²) in [5.41, 5.74) is 2.74. The zero-order chi connectivity index (χ0) is 26.5. The van der Waals surface area contributed by atoms with Crippen molar-refractivity contribution in [3.8, 4) is 0 Å². The number of likely N-dealkylation sites (tertiary alicyclic amines) is 2. The normalized spacial score (nSPS) is 21.2.